The zero-order valence-corrected chi connectivity index (χ0v) is 27.9. The lowest BCUT2D eigenvalue weighted by molar-refractivity contribution is -0.110. The molecule has 1 amide bonds. The Labute approximate surface area is 280 Å². The number of nitrogen functional groups attached to an aromatic ring is 1. The summed E-state index contributed by atoms with van der Waals surface area (Å²) < 4.78 is 23.9. The molecular weight excluding hydrogens is 614 g/mol. The Morgan fingerprint density at radius 2 is 1.77 bits per heavy atom. The molecule has 13 heteroatoms. The highest BCUT2D eigenvalue weighted by molar-refractivity contribution is 5.74. The number of amides is 1. The van der Waals surface area contributed by atoms with Crippen LogP contribution in [0.1, 0.15) is 46.5 Å². The average molecular weight is 660 g/mol. The largest absolute Gasteiger partial charge is 0.507 e. The number of phenols is 1. The standard InChI is InChI=1S/C35H45N7O6/c1-34(2,3)48-33(44)40-12-9-24(10-13-40)46-25-17-26(18-25)47-31-16-23(8-11-37-31)42-15-14-41(20-35(42)21-45-22-35)29-19-28(38-39-32(29)36)27-6-4-5-7-30(27)43/h4-8,11,16,19,24-26,43H,9-10,12-15,17-18,20-22H2,1-3H3,(H2,36,39). The van der Waals surface area contributed by atoms with E-state index in [1.165, 1.54) is 0 Å². The Morgan fingerprint density at radius 3 is 2.48 bits per heavy atom. The van der Waals surface area contributed by atoms with Gasteiger partial charge in [-0.15, -0.1) is 10.2 Å². The van der Waals surface area contributed by atoms with E-state index in [1.54, 1.807) is 23.2 Å². The number of nitrogens with two attached hydrogens (primary N) is 1. The fourth-order valence-corrected chi connectivity index (χ4v) is 6.94. The molecule has 0 atom stereocenters. The fraction of sp³-hybridized carbons (Fsp3) is 0.543. The van der Waals surface area contributed by atoms with Gasteiger partial charge in [0.05, 0.1) is 36.8 Å². The number of aromatic nitrogens is 3. The van der Waals surface area contributed by atoms with Gasteiger partial charge in [0.25, 0.3) is 0 Å². The third-order valence-corrected chi connectivity index (χ3v) is 9.56. The zero-order valence-electron chi connectivity index (χ0n) is 27.9. The van der Waals surface area contributed by atoms with Crippen molar-refractivity contribution in [2.75, 3.05) is 61.5 Å². The molecule has 1 aromatic carbocycles. The van der Waals surface area contributed by atoms with Crippen LogP contribution in [0.4, 0.5) is 22.0 Å². The maximum absolute atomic E-state index is 12.4. The van der Waals surface area contributed by atoms with E-state index in [2.05, 4.69) is 25.0 Å². The van der Waals surface area contributed by atoms with Gasteiger partial charge >= 0.3 is 6.09 Å². The molecule has 0 radical (unpaired) electrons. The normalized spacial score (nSPS) is 22.6. The zero-order chi connectivity index (χ0) is 33.5. The number of aromatic hydroxyl groups is 1. The smallest absolute Gasteiger partial charge is 0.410 e. The molecule has 13 nitrogen and oxygen atoms in total. The minimum Gasteiger partial charge on any atom is -0.507 e. The van der Waals surface area contributed by atoms with Crippen LogP contribution in [0.3, 0.4) is 0 Å². The number of carbonyl (C=O) groups excluding carboxylic acids is 1. The molecule has 2 aromatic heterocycles. The minimum atomic E-state index is -0.490. The van der Waals surface area contributed by atoms with Crippen molar-refractivity contribution >= 4 is 23.3 Å². The molecule has 0 bridgehead atoms. The Balaban J connectivity index is 0.934. The van der Waals surface area contributed by atoms with Gasteiger partial charge in [0.2, 0.25) is 5.88 Å². The molecule has 48 heavy (non-hydrogen) atoms. The molecule has 3 saturated heterocycles. The van der Waals surface area contributed by atoms with E-state index < -0.39 is 5.60 Å². The summed E-state index contributed by atoms with van der Waals surface area (Å²) in [6.45, 7) is 10.3. The van der Waals surface area contributed by atoms with Crippen molar-refractivity contribution in [3.63, 3.8) is 0 Å². The molecule has 0 unspecified atom stereocenters. The summed E-state index contributed by atoms with van der Waals surface area (Å²) in [6.07, 6.45) is 5.17. The number of phenolic OH excluding ortho intramolecular Hbond substituents is 1. The second-order valence-electron chi connectivity index (χ2n) is 14.3. The number of hydrogen-bond donors (Lipinski definition) is 2. The van der Waals surface area contributed by atoms with Crippen LogP contribution >= 0.6 is 0 Å². The van der Waals surface area contributed by atoms with Crippen LogP contribution in [0.5, 0.6) is 11.6 Å². The summed E-state index contributed by atoms with van der Waals surface area (Å²) in [7, 11) is 0. The summed E-state index contributed by atoms with van der Waals surface area (Å²) in [5, 5.41) is 18.9. The van der Waals surface area contributed by atoms with Gasteiger partial charge < -0.3 is 44.5 Å². The van der Waals surface area contributed by atoms with E-state index in [9.17, 15) is 9.90 Å². The SMILES string of the molecule is CC(C)(C)OC(=O)N1CCC(OC2CC(Oc3cc(N4CCN(c5cc(-c6ccccc6O)nnc5N)CC45COC5)ccn3)C2)CC1. The van der Waals surface area contributed by atoms with Gasteiger partial charge in [0.1, 0.15) is 23.0 Å². The first kappa shape index (κ1) is 32.2. The second-order valence-corrected chi connectivity index (χ2v) is 14.3. The second kappa shape index (κ2) is 12.9. The number of pyridine rings is 1. The van der Waals surface area contributed by atoms with Crippen LogP contribution in [0.25, 0.3) is 11.3 Å². The molecule has 4 aliphatic rings. The highest BCUT2D eigenvalue weighted by atomic mass is 16.6. The van der Waals surface area contributed by atoms with Crippen LogP contribution in [-0.2, 0) is 14.2 Å². The number of piperidine rings is 1. The van der Waals surface area contributed by atoms with E-state index in [-0.39, 0.29) is 35.7 Å². The van der Waals surface area contributed by atoms with E-state index in [0.717, 1.165) is 43.6 Å². The first-order chi connectivity index (χ1) is 23.0. The number of anilines is 3. The summed E-state index contributed by atoms with van der Waals surface area (Å²) in [6, 6.07) is 13.0. The van der Waals surface area contributed by atoms with Crippen molar-refractivity contribution in [3.05, 3.63) is 48.7 Å². The third kappa shape index (κ3) is 6.79. The average Bonchev–Trinajstić information content (AvgIpc) is 3.03. The van der Waals surface area contributed by atoms with Crippen molar-refractivity contribution in [2.45, 2.75) is 75.9 Å². The molecule has 5 heterocycles. The van der Waals surface area contributed by atoms with Crippen LogP contribution in [0.15, 0.2) is 48.7 Å². The van der Waals surface area contributed by atoms with E-state index in [1.807, 2.05) is 51.1 Å². The van der Waals surface area contributed by atoms with Crippen LogP contribution in [0, 0.1) is 0 Å². The lowest BCUT2D eigenvalue weighted by atomic mass is 9.90. The van der Waals surface area contributed by atoms with Gasteiger partial charge in [-0.25, -0.2) is 9.78 Å². The molecule has 1 spiro atoms. The van der Waals surface area contributed by atoms with Gasteiger partial charge in [-0.05, 0) is 57.9 Å². The van der Waals surface area contributed by atoms with Gasteiger partial charge in [0.15, 0.2) is 5.82 Å². The maximum atomic E-state index is 12.4. The number of likely N-dealkylation sites (tertiary alicyclic amines) is 1. The third-order valence-electron chi connectivity index (χ3n) is 9.56. The van der Waals surface area contributed by atoms with E-state index >= 15 is 0 Å². The highest BCUT2D eigenvalue weighted by Crippen LogP contribution is 2.39. The summed E-state index contributed by atoms with van der Waals surface area (Å²) >= 11 is 0. The fourth-order valence-electron chi connectivity index (χ4n) is 6.94. The quantitative estimate of drug-likeness (QED) is 0.374. The predicted molar refractivity (Wildman–Crippen MR) is 180 cm³/mol. The van der Waals surface area contributed by atoms with Crippen LogP contribution in [-0.4, -0.2) is 107 Å². The summed E-state index contributed by atoms with van der Waals surface area (Å²) in [5.41, 5.74) is 8.63. The number of para-hydroxylation sites is 1. The van der Waals surface area contributed by atoms with E-state index in [4.69, 9.17) is 24.7 Å². The number of benzene rings is 1. The highest BCUT2D eigenvalue weighted by Gasteiger charge is 2.49. The van der Waals surface area contributed by atoms with Crippen molar-refractivity contribution in [2.24, 2.45) is 0 Å². The number of ether oxygens (including phenoxy) is 4. The van der Waals surface area contributed by atoms with Gasteiger partial charge in [-0.1, -0.05) is 12.1 Å². The number of piperazine rings is 1. The molecule has 3 aromatic rings. The maximum Gasteiger partial charge on any atom is 0.410 e. The first-order valence-corrected chi connectivity index (χ1v) is 16.8. The summed E-state index contributed by atoms with van der Waals surface area (Å²) in [4.78, 5) is 23.3. The van der Waals surface area contributed by atoms with E-state index in [0.29, 0.717) is 62.3 Å². The summed E-state index contributed by atoms with van der Waals surface area (Å²) in [5.74, 6) is 1.11. The Morgan fingerprint density at radius 1 is 1.00 bits per heavy atom. The lowest BCUT2D eigenvalue weighted by Crippen LogP contribution is -2.72. The lowest BCUT2D eigenvalue weighted by Gasteiger charge is -2.56. The van der Waals surface area contributed by atoms with Crippen LogP contribution in [0.2, 0.25) is 0 Å². The van der Waals surface area contributed by atoms with Gasteiger partial charge in [-0.3, -0.25) is 0 Å². The molecule has 256 valence electrons. The molecular formula is C35H45N7O6. The van der Waals surface area contributed by atoms with Gasteiger partial charge in [-0.2, -0.15) is 0 Å². The topological polar surface area (TPSA) is 149 Å². The molecule has 1 aliphatic carbocycles. The predicted octanol–water partition coefficient (Wildman–Crippen LogP) is 4.25. The van der Waals surface area contributed by atoms with Crippen molar-refractivity contribution < 1.29 is 28.8 Å². The number of rotatable bonds is 7. The molecule has 3 N–H and O–H groups in total. The molecule has 3 aliphatic heterocycles. The Hall–Kier alpha value is -4.36. The number of hydrogen-bond acceptors (Lipinski definition) is 12. The Bertz CT molecular complexity index is 1610. The number of nitrogens with zero attached hydrogens (tertiary/aromatic N) is 6. The van der Waals surface area contributed by atoms with Crippen LogP contribution < -0.4 is 20.3 Å². The monoisotopic (exact) mass is 659 g/mol. The van der Waals surface area contributed by atoms with Crippen molar-refractivity contribution in [1.82, 2.24) is 20.1 Å². The molecule has 4 fully saturated rings. The minimum absolute atomic E-state index is 0.0536. The number of carbonyl (C=O) groups is 1. The first-order valence-electron chi connectivity index (χ1n) is 16.8. The van der Waals surface area contributed by atoms with Crippen molar-refractivity contribution in [3.8, 4) is 22.9 Å². The molecule has 7 rings (SSSR count). The molecule has 1 saturated carbocycles. The van der Waals surface area contributed by atoms with Gasteiger partial charge in [0, 0.05) is 69.1 Å². The van der Waals surface area contributed by atoms with Crippen molar-refractivity contribution in [1.29, 1.82) is 0 Å². The Kier molecular flexibility index (Phi) is 8.67.